The van der Waals surface area contributed by atoms with Gasteiger partial charge in [-0.25, -0.2) is 4.79 Å². The zero-order chi connectivity index (χ0) is 29.4. The van der Waals surface area contributed by atoms with Crippen molar-refractivity contribution in [1.29, 1.82) is 0 Å². The first kappa shape index (κ1) is 30.4. The molecule has 3 amide bonds. The molecule has 0 saturated carbocycles. The van der Waals surface area contributed by atoms with E-state index in [2.05, 4.69) is 20.9 Å². The summed E-state index contributed by atoms with van der Waals surface area (Å²) in [7, 11) is 0. The molecule has 7 N–H and O–H groups in total. The molecular weight excluding hydrogens is 510 g/mol. The molecule has 3 rings (SSSR count). The summed E-state index contributed by atoms with van der Waals surface area (Å²) in [5.41, 5.74) is 8.80. The van der Waals surface area contributed by atoms with E-state index in [1.165, 1.54) is 0 Å². The van der Waals surface area contributed by atoms with Gasteiger partial charge < -0.3 is 31.8 Å². The first-order valence-corrected chi connectivity index (χ1v) is 13.5. The normalized spacial score (nSPS) is 14.4. The fourth-order valence-electron chi connectivity index (χ4n) is 4.51. The van der Waals surface area contributed by atoms with Crippen LogP contribution in [0.4, 0.5) is 0 Å². The van der Waals surface area contributed by atoms with Crippen LogP contribution in [-0.4, -0.2) is 57.9 Å². The van der Waals surface area contributed by atoms with Crippen molar-refractivity contribution in [2.24, 2.45) is 17.6 Å². The number of carbonyl (C=O) groups excluding carboxylic acids is 3. The molecule has 2 aromatic carbocycles. The third-order valence-electron chi connectivity index (χ3n) is 6.84. The first-order valence-electron chi connectivity index (χ1n) is 13.5. The molecule has 10 nitrogen and oxygen atoms in total. The SMILES string of the molecule is CC(C)[C@H](NC(=O)[C@H](NC(=O)[C@@H](N)Cc1c[nH]c2ccccc12)C(C)C)C(=O)N[C@H](Cc1ccccc1)C(=O)O. The van der Waals surface area contributed by atoms with Crippen molar-refractivity contribution in [1.82, 2.24) is 20.9 Å². The molecule has 0 fully saturated rings. The van der Waals surface area contributed by atoms with Gasteiger partial charge in [-0.3, -0.25) is 14.4 Å². The van der Waals surface area contributed by atoms with Crippen LogP contribution in [0.25, 0.3) is 10.9 Å². The second-order valence-electron chi connectivity index (χ2n) is 10.7. The lowest BCUT2D eigenvalue weighted by Crippen LogP contribution is -2.59. The molecule has 4 atom stereocenters. The number of aromatic amines is 1. The third-order valence-corrected chi connectivity index (χ3v) is 6.84. The number of carboxylic acid groups (broad SMARTS) is 1. The van der Waals surface area contributed by atoms with Crippen LogP contribution in [0.5, 0.6) is 0 Å². The number of carboxylic acids is 1. The van der Waals surface area contributed by atoms with Crippen molar-refractivity contribution in [3.05, 3.63) is 71.9 Å². The quantitative estimate of drug-likeness (QED) is 0.191. The first-order chi connectivity index (χ1) is 19.0. The van der Waals surface area contributed by atoms with Gasteiger partial charge in [0.05, 0.1) is 6.04 Å². The predicted octanol–water partition coefficient (Wildman–Crippen LogP) is 2.13. The van der Waals surface area contributed by atoms with Crippen LogP contribution in [0, 0.1) is 11.8 Å². The molecular formula is C30H39N5O5. The van der Waals surface area contributed by atoms with Crippen LogP contribution < -0.4 is 21.7 Å². The predicted molar refractivity (Wildman–Crippen MR) is 153 cm³/mol. The second-order valence-corrected chi connectivity index (χ2v) is 10.7. The Kier molecular flexibility index (Phi) is 10.4. The highest BCUT2D eigenvalue weighted by molar-refractivity contribution is 5.94. The Labute approximate surface area is 234 Å². The van der Waals surface area contributed by atoms with Crippen molar-refractivity contribution in [2.75, 3.05) is 0 Å². The molecule has 0 bridgehead atoms. The van der Waals surface area contributed by atoms with E-state index in [4.69, 9.17) is 5.73 Å². The molecule has 0 aliphatic carbocycles. The molecule has 0 unspecified atom stereocenters. The minimum atomic E-state index is -1.18. The summed E-state index contributed by atoms with van der Waals surface area (Å²) >= 11 is 0. The number of nitrogens with two attached hydrogens (primary N) is 1. The van der Waals surface area contributed by atoms with E-state index in [1.807, 2.05) is 36.5 Å². The maximum Gasteiger partial charge on any atom is 0.326 e. The van der Waals surface area contributed by atoms with Crippen molar-refractivity contribution >= 4 is 34.6 Å². The van der Waals surface area contributed by atoms with Crippen molar-refractivity contribution in [3.8, 4) is 0 Å². The van der Waals surface area contributed by atoms with Crippen molar-refractivity contribution < 1.29 is 24.3 Å². The van der Waals surface area contributed by atoms with Crippen LogP contribution >= 0.6 is 0 Å². The van der Waals surface area contributed by atoms with Gasteiger partial charge >= 0.3 is 5.97 Å². The monoisotopic (exact) mass is 549 g/mol. The van der Waals surface area contributed by atoms with Gasteiger partial charge in [0.1, 0.15) is 18.1 Å². The number of benzene rings is 2. The summed E-state index contributed by atoms with van der Waals surface area (Å²) in [5.74, 6) is -3.48. The Morgan fingerprint density at radius 1 is 0.775 bits per heavy atom. The van der Waals surface area contributed by atoms with Crippen molar-refractivity contribution in [2.45, 2.75) is 64.7 Å². The van der Waals surface area contributed by atoms with E-state index in [0.29, 0.717) is 0 Å². The number of aromatic nitrogens is 1. The number of aliphatic carboxylic acids is 1. The zero-order valence-corrected chi connectivity index (χ0v) is 23.3. The molecule has 0 aliphatic heterocycles. The molecule has 214 valence electrons. The smallest absolute Gasteiger partial charge is 0.326 e. The molecule has 1 heterocycles. The minimum absolute atomic E-state index is 0.0969. The lowest BCUT2D eigenvalue weighted by molar-refractivity contribution is -0.142. The topological polar surface area (TPSA) is 166 Å². The summed E-state index contributed by atoms with van der Waals surface area (Å²) in [5, 5.41) is 18.7. The summed E-state index contributed by atoms with van der Waals surface area (Å²) in [6, 6.07) is 12.6. The lowest BCUT2D eigenvalue weighted by Gasteiger charge is -2.28. The average molecular weight is 550 g/mol. The number of hydrogen-bond acceptors (Lipinski definition) is 5. The van der Waals surface area contributed by atoms with Gasteiger partial charge in [0, 0.05) is 23.5 Å². The molecule has 40 heavy (non-hydrogen) atoms. The standard InChI is InChI=1S/C30H39N5O5/c1-17(2)25(28(37)33-24(30(39)40)14-19-10-6-5-7-11-19)35-29(38)26(18(3)4)34-27(36)22(31)15-20-16-32-23-13-9-8-12-21(20)23/h5-13,16-18,22,24-26,32H,14-15,31H2,1-4H3,(H,33,37)(H,34,36)(H,35,38)(H,39,40)/t22-,24+,25-,26+/m0/s1. The molecule has 0 spiro atoms. The van der Waals surface area contributed by atoms with Crippen molar-refractivity contribution in [3.63, 3.8) is 0 Å². The summed E-state index contributed by atoms with van der Waals surface area (Å²) < 4.78 is 0. The van der Waals surface area contributed by atoms with Gasteiger partial charge in [0.2, 0.25) is 17.7 Å². The maximum atomic E-state index is 13.3. The van der Waals surface area contributed by atoms with Gasteiger partial charge in [-0.1, -0.05) is 76.2 Å². The van der Waals surface area contributed by atoms with Crippen LogP contribution in [-0.2, 0) is 32.0 Å². The number of amides is 3. The summed E-state index contributed by atoms with van der Waals surface area (Å²) in [6.45, 7) is 7.05. The van der Waals surface area contributed by atoms with E-state index in [0.717, 1.165) is 22.0 Å². The Balaban J connectivity index is 1.65. The molecule has 0 radical (unpaired) electrons. The van der Waals surface area contributed by atoms with Gasteiger partial charge in [-0.2, -0.15) is 0 Å². The number of para-hydroxylation sites is 1. The number of hydrogen-bond donors (Lipinski definition) is 6. The fourth-order valence-corrected chi connectivity index (χ4v) is 4.51. The Hall–Kier alpha value is -4.18. The number of rotatable bonds is 13. The van der Waals surface area contributed by atoms with Gasteiger partial charge in [-0.05, 0) is 35.4 Å². The highest BCUT2D eigenvalue weighted by Gasteiger charge is 2.33. The Morgan fingerprint density at radius 3 is 1.93 bits per heavy atom. The Morgan fingerprint density at radius 2 is 1.32 bits per heavy atom. The second kappa shape index (κ2) is 13.7. The van der Waals surface area contributed by atoms with E-state index >= 15 is 0 Å². The maximum absolute atomic E-state index is 13.3. The van der Waals surface area contributed by atoms with Gasteiger partial charge in [-0.15, -0.1) is 0 Å². The highest BCUT2D eigenvalue weighted by atomic mass is 16.4. The molecule has 1 aromatic heterocycles. The van der Waals surface area contributed by atoms with Gasteiger partial charge in [0.25, 0.3) is 0 Å². The fraction of sp³-hybridized carbons (Fsp3) is 0.400. The van der Waals surface area contributed by atoms with E-state index in [1.54, 1.807) is 52.0 Å². The number of carbonyl (C=O) groups is 4. The summed E-state index contributed by atoms with van der Waals surface area (Å²) in [6.07, 6.45) is 2.19. The van der Waals surface area contributed by atoms with E-state index in [-0.39, 0.29) is 24.7 Å². The minimum Gasteiger partial charge on any atom is -0.480 e. The summed E-state index contributed by atoms with van der Waals surface area (Å²) in [4.78, 5) is 54.5. The number of H-pyrrole nitrogens is 1. The third kappa shape index (κ3) is 7.92. The van der Waals surface area contributed by atoms with Gasteiger partial charge in [0.15, 0.2) is 0 Å². The molecule has 3 aromatic rings. The number of fused-ring (bicyclic) bond motifs is 1. The van der Waals surface area contributed by atoms with Crippen LogP contribution in [0.2, 0.25) is 0 Å². The lowest BCUT2D eigenvalue weighted by atomic mass is 9.98. The molecule has 0 saturated heterocycles. The number of nitrogens with one attached hydrogen (secondary N) is 4. The van der Waals surface area contributed by atoms with E-state index < -0.39 is 47.9 Å². The largest absolute Gasteiger partial charge is 0.480 e. The Bertz CT molecular complexity index is 1320. The van der Waals surface area contributed by atoms with Crippen LogP contribution in [0.15, 0.2) is 60.8 Å². The van der Waals surface area contributed by atoms with Crippen LogP contribution in [0.1, 0.15) is 38.8 Å². The van der Waals surface area contributed by atoms with E-state index in [9.17, 15) is 24.3 Å². The molecule has 10 heteroatoms. The average Bonchev–Trinajstić information content (AvgIpc) is 3.32. The van der Waals surface area contributed by atoms with Crippen LogP contribution in [0.3, 0.4) is 0 Å². The molecule has 0 aliphatic rings. The highest BCUT2D eigenvalue weighted by Crippen LogP contribution is 2.19. The zero-order valence-electron chi connectivity index (χ0n) is 23.3.